The summed E-state index contributed by atoms with van der Waals surface area (Å²) in [5, 5.41) is 6.36. The lowest BCUT2D eigenvalue weighted by molar-refractivity contribution is -0.131. The van der Waals surface area contributed by atoms with Crippen LogP contribution in [-0.4, -0.2) is 66.9 Å². The van der Waals surface area contributed by atoms with E-state index in [1.807, 2.05) is 23.1 Å². The number of piperazine rings is 1. The first-order valence-corrected chi connectivity index (χ1v) is 9.82. The second-order valence-corrected chi connectivity index (χ2v) is 7.65. The molecule has 2 unspecified atom stereocenters. The fourth-order valence-corrected chi connectivity index (χ4v) is 4.42. The summed E-state index contributed by atoms with van der Waals surface area (Å²) < 4.78 is 0. The highest BCUT2D eigenvalue weighted by molar-refractivity contribution is 5.96. The first-order valence-electron chi connectivity index (χ1n) is 9.82. The second-order valence-electron chi connectivity index (χ2n) is 7.65. The van der Waals surface area contributed by atoms with Crippen LogP contribution in [0.15, 0.2) is 24.3 Å². The van der Waals surface area contributed by atoms with Crippen LogP contribution >= 0.6 is 12.4 Å². The summed E-state index contributed by atoms with van der Waals surface area (Å²) in [6, 6.07) is 8.44. The molecule has 0 aromatic heterocycles. The lowest BCUT2D eigenvalue weighted by atomic mass is 9.89. The Labute approximate surface area is 167 Å². The molecule has 6 nitrogen and oxygen atoms in total. The van der Waals surface area contributed by atoms with Gasteiger partial charge < -0.3 is 15.5 Å². The van der Waals surface area contributed by atoms with Crippen LogP contribution in [0.2, 0.25) is 0 Å². The molecule has 2 amide bonds. The third kappa shape index (κ3) is 4.62. The number of carbonyl (C=O) groups is 2. The van der Waals surface area contributed by atoms with Gasteiger partial charge in [0.15, 0.2) is 0 Å². The molecule has 0 saturated carbocycles. The monoisotopic (exact) mass is 392 g/mol. The van der Waals surface area contributed by atoms with E-state index >= 15 is 0 Å². The molecule has 3 heterocycles. The van der Waals surface area contributed by atoms with E-state index < -0.39 is 0 Å². The van der Waals surface area contributed by atoms with Crippen LogP contribution in [0.4, 0.5) is 5.69 Å². The molecule has 0 aliphatic carbocycles. The molecular weight excluding hydrogens is 364 g/mol. The first-order chi connectivity index (χ1) is 12.7. The zero-order chi connectivity index (χ0) is 17.9. The molecule has 0 bridgehead atoms. The number of hydrogen-bond acceptors (Lipinski definition) is 4. The number of carbonyl (C=O) groups excluding carboxylic acids is 2. The van der Waals surface area contributed by atoms with Crippen LogP contribution in [0, 0.1) is 5.92 Å². The zero-order valence-corrected chi connectivity index (χ0v) is 16.5. The smallest absolute Gasteiger partial charge is 0.227 e. The molecule has 3 aliphatic heterocycles. The standard InChI is InChI=1S/C20H28N4O2.ClH/c25-19(24-10-7-17(14-24)23-11-8-21-9-12-23)6-5-16-13-15-3-1-2-4-18(15)22-20(16)26;/h1-4,16-17,21H,5-14H2,(H,22,26);1H. The van der Waals surface area contributed by atoms with Crippen molar-refractivity contribution in [3.8, 4) is 0 Å². The molecule has 4 rings (SSSR count). The van der Waals surface area contributed by atoms with E-state index in [9.17, 15) is 9.59 Å². The number of amides is 2. The minimum absolute atomic E-state index is 0. The van der Waals surface area contributed by atoms with Crippen molar-refractivity contribution >= 4 is 29.9 Å². The van der Waals surface area contributed by atoms with Gasteiger partial charge in [0, 0.05) is 63.3 Å². The lowest BCUT2D eigenvalue weighted by Gasteiger charge is -2.32. The van der Waals surface area contributed by atoms with Crippen LogP contribution in [-0.2, 0) is 16.0 Å². The number of nitrogens with zero attached hydrogens (tertiary/aromatic N) is 2. The van der Waals surface area contributed by atoms with Gasteiger partial charge in [0.25, 0.3) is 0 Å². The minimum atomic E-state index is -0.0968. The predicted molar refractivity (Wildman–Crippen MR) is 108 cm³/mol. The van der Waals surface area contributed by atoms with E-state index in [0.29, 0.717) is 18.9 Å². The Balaban J connectivity index is 0.00000210. The van der Waals surface area contributed by atoms with E-state index in [4.69, 9.17) is 0 Å². The number of para-hydroxylation sites is 1. The Morgan fingerprint density at radius 3 is 2.74 bits per heavy atom. The Kier molecular flexibility index (Phi) is 6.73. The third-order valence-electron chi connectivity index (χ3n) is 6.00. The van der Waals surface area contributed by atoms with Gasteiger partial charge in [0.1, 0.15) is 0 Å². The van der Waals surface area contributed by atoms with Gasteiger partial charge in [-0.25, -0.2) is 0 Å². The fraction of sp³-hybridized carbons (Fsp3) is 0.600. The zero-order valence-electron chi connectivity index (χ0n) is 15.7. The van der Waals surface area contributed by atoms with E-state index in [0.717, 1.165) is 57.8 Å². The highest BCUT2D eigenvalue weighted by atomic mass is 35.5. The first kappa shape index (κ1) is 20.1. The molecule has 7 heteroatoms. The SMILES string of the molecule is Cl.O=C1Nc2ccccc2CC1CCC(=O)N1CCC(N2CCNCC2)C1. The molecule has 0 radical (unpaired) electrons. The van der Waals surface area contributed by atoms with Crippen molar-refractivity contribution in [2.24, 2.45) is 5.92 Å². The maximum atomic E-state index is 12.6. The number of likely N-dealkylation sites (tertiary alicyclic amines) is 1. The predicted octanol–water partition coefficient (Wildman–Crippen LogP) is 1.51. The van der Waals surface area contributed by atoms with Crippen molar-refractivity contribution in [2.75, 3.05) is 44.6 Å². The highest BCUT2D eigenvalue weighted by Gasteiger charge is 2.32. The molecular formula is C20H29ClN4O2. The maximum Gasteiger partial charge on any atom is 0.227 e. The molecule has 2 fully saturated rings. The Morgan fingerprint density at radius 1 is 1.15 bits per heavy atom. The highest BCUT2D eigenvalue weighted by Crippen LogP contribution is 2.28. The molecule has 3 aliphatic rings. The van der Waals surface area contributed by atoms with Gasteiger partial charge in [-0.15, -0.1) is 12.4 Å². The summed E-state index contributed by atoms with van der Waals surface area (Å²) in [5.74, 6) is 0.159. The van der Waals surface area contributed by atoms with Crippen molar-refractivity contribution in [1.82, 2.24) is 15.1 Å². The van der Waals surface area contributed by atoms with Gasteiger partial charge in [-0.3, -0.25) is 14.5 Å². The molecule has 0 spiro atoms. The molecule has 2 saturated heterocycles. The topological polar surface area (TPSA) is 64.7 Å². The van der Waals surface area contributed by atoms with Crippen molar-refractivity contribution in [1.29, 1.82) is 0 Å². The van der Waals surface area contributed by atoms with Gasteiger partial charge in [0.05, 0.1) is 0 Å². The lowest BCUT2D eigenvalue weighted by Crippen LogP contribution is -2.49. The fourth-order valence-electron chi connectivity index (χ4n) is 4.42. The second kappa shape index (κ2) is 9.04. The molecule has 1 aromatic carbocycles. The summed E-state index contributed by atoms with van der Waals surface area (Å²) in [7, 11) is 0. The summed E-state index contributed by atoms with van der Waals surface area (Å²) in [4.78, 5) is 29.4. The normalized spacial score (nSPS) is 25.5. The summed E-state index contributed by atoms with van der Waals surface area (Å²) in [6.45, 7) is 5.94. The van der Waals surface area contributed by atoms with Gasteiger partial charge >= 0.3 is 0 Å². The van der Waals surface area contributed by atoms with Crippen LogP contribution in [0.3, 0.4) is 0 Å². The number of benzene rings is 1. The van der Waals surface area contributed by atoms with Crippen molar-refractivity contribution in [3.63, 3.8) is 0 Å². The van der Waals surface area contributed by atoms with Crippen molar-refractivity contribution < 1.29 is 9.59 Å². The van der Waals surface area contributed by atoms with E-state index in [-0.39, 0.29) is 30.1 Å². The number of halogens is 1. The van der Waals surface area contributed by atoms with Crippen molar-refractivity contribution in [3.05, 3.63) is 29.8 Å². The van der Waals surface area contributed by atoms with Crippen molar-refractivity contribution in [2.45, 2.75) is 31.7 Å². The van der Waals surface area contributed by atoms with Gasteiger partial charge in [-0.1, -0.05) is 18.2 Å². The number of anilines is 1. The number of fused-ring (bicyclic) bond motifs is 1. The van der Waals surface area contributed by atoms with Gasteiger partial charge in [-0.05, 0) is 30.9 Å². The van der Waals surface area contributed by atoms with Crippen LogP contribution in [0.1, 0.15) is 24.8 Å². The Morgan fingerprint density at radius 2 is 1.93 bits per heavy atom. The van der Waals surface area contributed by atoms with Gasteiger partial charge in [0.2, 0.25) is 11.8 Å². The van der Waals surface area contributed by atoms with Crippen LogP contribution < -0.4 is 10.6 Å². The quantitative estimate of drug-likeness (QED) is 0.815. The molecule has 2 N–H and O–H groups in total. The number of nitrogens with one attached hydrogen (secondary N) is 2. The maximum absolute atomic E-state index is 12.6. The van der Waals surface area contributed by atoms with Gasteiger partial charge in [-0.2, -0.15) is 0 Å². The average molecular weight is 393 g/mol. The van der Waals surface area contributed by atoms with Crippen LogP contribution in [0.25, 0.3) is 0 Å². The number of rotatable bonds is 4. The number of hydrogen-bond donors (Lipinski definition) is 2. The Bertz CT molecular complexity index is 678. The minimum Gasteiger partial charge on any atom is -0.341 e. The van der Waals surface area contributed by atoms with E-state index in [1.165, 1.54) is 5.56 Å². The molecule has 1 aromatic rings. The van der Waals surface area contributed by atoms with Crippen LogP contribution in [0.5, 0.6) is 0 Å². The Hall–Kier alpha value is -1.63. The third-order valence-corrected chi connectivity index (χ3v) is 6.00. The molecule has 2 atom stereocenters. The average Bonchev–Trinajstić information content (AvgIpc) is 3.17. The van der Waals surface area contributed by atoms with E-state index in [1.54, 1.807) is 0 Å². The summed E-state index contributed by atoms with van der Waals surface area (Å²) >= 11 is 0. The molecule has 27 heavy (non-hydrogen) atoms. The summed E-state index contributed by atoms with van der Waals surface area (Å²) in [5.41, 5.74) is 2.09. The molecule has 148 valence electrons. The largest absolute Gasteiger partial charge is 0.341 e. The van der Waals surface area contributed by atoms with E-state index in [2.05, 4.69) is 21.6 Å². The summed E-state index contributed by atoms with van der Waals surface area (Å²) in [6.07, 6.45) is 2.91.